The summed E-state index contributed by atoms with van der Waals surface area (Å²) in [7, 11) is -4.23. The van der Waals surface area contributed by atoms with E-state index < -0.39 is 33.7 Å². The molecule has 0 aliphatic carbocycles. The van der Waals surface area contributed by atoms with Gasteiger partial charge in [-0.1, -0.05) is 49.7 Å². The Morgan fingerprint density at radius 2 is 1.69 bits per heavy atom. The Morgan fingerprint density at radius 1 is 1.03 bits per heavy atom. The molecule has 1 heterocycles. The van der Waals surface area contributed by atoms with Gasteiger partial charge >= 0.3 is 0 Å². The highest BCUT2D eigenvalue weighted by Crippen LogP contribution is 2.30. The Kier molecular flexibility index (Phi) is 7.59. The summed E-state index contributed by atoms with van der Waals surface area (Å²) < 4.78 is 41.8. The number of sulfonamides is 1. The van der Waals surface area contributed by atoms with Gasteiger partial charge in [0.2, 0.25) is 15.9 Å². The number of anilines is 1. The van der Waals surface area contributed by atoms with E-state index in [-0.39, 0.29) is 30.2 Å². The molecule has 0 bridgehead atoms. The summed E-state index contributed by atoms with van der Waals surface area (Å²) in [6.07, 6.45) is -0.0250. The zero-order chi connectivity index (χ0) is 26.0. The first-order valence-electron chi connectivity index (χ1n) is 11.6. The summed E-state index contributed by atoms with van der Waals surface area (Å²) in [4.78, 5) is 27.3. The number of rotatable bonds is 8. The quantitative estimate of drug-likeness (QED) is 0.378. The van der Waals surface area contributed by atoms with Crippen LogP contribution < -0.4 is 4.90 Å². The van der Waals surface area contributed by atoms with Gasteiger partial charge in [0.15, 0.2) is 0 Å². The van der Waals surface area contributed by atoms with E-state index in [1.165, 1.54) is 0 Å². The second-order valence-corrected chi connectivity index (χ2v) is 11.3. The van der Waals surface area contributed by atoms with Gasteiger partial charge in [0.25, 0.3) is 5.91 Å². The SMILES string of the molecule is CC(C)c1ccc(N2C(=O)CC(N(CCc3cccc(Cl)c3)S(=O)(=O)c3ccc(F)cc3)C2=O)cc1. The topological polar surface area (TPSA) is 74.8 Å². The molecule has 3 aromatic rings. The zero-order valence-corrected chi connectivity index (χ0v) is 21.5. The van der Waals surface area contributed by atoms with Crippen molar-refractivity contribution in [3.05, 3.63) is 94.8 Å². The lowest BCUT2D eigenvalue weighted by atomic mass is 10.0. The number of halogens is 2. The minimum Gasteiger partial charge on any atom is -0.274 e. The molecule has 0 spiro atoms. The Balaban J connectivity index is 1.68. The third-order valence-corrected chi connectivity index (χ3v) is 8.38. The van der Waals surface area contributed by atoms with Gasteiger partial charge in [0.05, 0.1) is 17.0 Å². The molecular weight excluding hydrogens is 503 g/mol. The maximum atomic E-state index is 13.6. The van der Waals surface area contributed by atoms with Crippen LogP contribution in [0.15, 0.2) is 77.7 Å². The monoisotopic (exact) mass is 528 g/mol. The molecule has 2 amide bonds. The fourth-order valence-corrected chi connectivity index (χ4v) is 6.03. The summed E-state index contributed by atoms with van der Waals surface area (Å²) in [6.45, 7) is 4.01. The van der Waals surface area contributed by atoms with Crippen molar-refractivity contribution in [2.45, 2.75) is 43.5 Å². The number of benzene rings is 3. The van der Waals surface area contributed by atoms with Crippen LogP contribution in [-0.4, -0.2) is 37.1 Å². The van der Waals surface area contributed by atoms with Gasteiger partial charge in [0.1, 0.15) is 11.9 Å². The molecule has 1 fully saturated rings. The van der Waals surface area contributed by atoms with Crippen molar-refractivity contribution in [1.29, 1.82) is 0 Å². The van der Waals surface area contributed by atoms with Crippen molar-refractivity contribution in [2.75, 3.05) is 11.4 Å². The molecule has 36 heavy (non-hydrogen) atoms. The van der Waals surface area contributed by atoms with E-state index >= 15 is 0 Å². The molecule has 1 saturated heterocycles. The van der Waals surface area contributed by atoms with Crippen molar-refractivity contribution in [1.82, 2.24) is 4.31 Å². The number of carbonyl (C=O) groups excluding carboxylic acids is 2. The molecule has 1 aliphatic heterocycles. The lowest BCUT2D eigenvalue weighted by Gasteiger charge is -2.27. The lowest BCUT2D eigenvalue weighted by molar-refractivity contribution is -0.122. The molecule has 0 aromatic heterocycles. The second-order valence-electron chi connectivity index (χ2n) is 8.98. The maximum absolute atomic E-state index is 13.6. The molecule has 0 N–H and O–H groups in total. The van der Waals surface area contributed by atoms with E-state index in [0.29, 0.717) is 10.7 Å². The van der Waals surface area contributed by atoms with Crippen molar-refractivity contribution in [3.63, 3.8) is 0 Å². The zero-order valence-electron chi connectivity index (χ0n) is 19.9. The van der Waals surface area contributed by atoms with Gasteiger partial charge in [-0.3, -0.25) is 9.59 Å². The van der Waals surface area contributed by atoms with Gasteiger partial charge in [0, 0.05) is 11.6 Å². The molecular formula is C27H26ClFN2O4S. The van der Waals surface area contributed by atoms with Crippen molar-refractivity contribution >= 4 is 39.1 Å². The average Bonchev–Trinajstić information content (AvgIpc) is 3.13. The van der Waals surface area contributed by atoms with Crippen LogP contribution in [0.3, 0.4) is 0 Å². The van der Waals surface area contributed by atoms with Crippen LogP contribution in [0.5, 0.6) is 0 Å². The highest BCUT2D eigenvalue weighted by atomic mass is 35.5. The molecule has 9 heteroatoms. The second kappa shape index (κ2) is 10.5. The number of hydrogen-bond acceptors (Lipinski definition) is 4. The Bertz CT molecular complexity index is 1380. The number of carbonyl (C=O) groups is 2. The van der Waals surface area contributed by atoms with Gasteiger partial charge < -0.3 is 0 Å². The summed E-state index contributed by atoms with van der Waals surface area (Å²) in [5.74, 6) is -1.40. The fraction of sp³-hybridized carbons (Fsp3) is 0.259. The van der Waals surface area contributed by atoms with Crippen LogP contribution >= 0.6 is 11.6 Å². The molecule has 4 rings (SSSR count). The van der Waals surface area contributed by atoms with Crippen LogP contribution in [0.4, 0.5) is 10.1 Å². The van der Waals surface area contributed by atoms with E-state index in [0.717, 1.165) is 44.6 Å². The van der Waals surface area contributed by atoms with E-state index in [1.807, 2.05) is 26.0 Å². The first-order chi connectivity index (χ1) is 17.1. The normalized spacial score (nSPS) is 16.4. The summed E-state index contributed by atoms with van der Waals surface area (Å²) in [5.41, 5.74) is 2.22. The lowest BCUT2D eigenvalue weighted by Crippen LogP contribution is -2.46. The molecule has 3 aromatic carbocycles. The van der Waals surface area contributed by atoms with Crippen molar-refractivity contribution in [3.8, 4) is 0 Å². The highest BCUT2D eigenvalue weighted by molar-refractivity contribution is 7.89. The number of imide groups is 1. The van der Waals surface area contributed by atoms with Crippen molar-refractivity contribution < 1.29 is 22.4 Å². The Hall–Kier alpha value is -3.07. The number of nitrogens with zero attached hydrogens (tertiary/aromatic N) is 2. The van der Waals surface area contributed by atoms with E-state index in [4.69, 9.17) is 11.6 Å². The first kappa shape index (κ1) is 26.0. The number of amides is 2. The van der Waals surface area contributed by atoms with Crippen molar-refractivity contribution in [2.24, 2.45) is 0 Å². The van der Waals surface area contributed by atoms with Gasteiger partial charge in [-0.2, -0.15) is 4.31 Å². The van der Waals surface area contributed by atoms with Crippen LogP contribution in [0.25, 0.3) is 0 Å². The molecule has 0 radical (unpaired) electrons. The highest BCUT2D eigenvalue weighted by Gasteiger charge is 2.46. The number of hydrogen-bond donors (Lipinski definition) is 0. The van der Waals surface area contributed by atoms with Crippen LogP contribution in [0, 0.1) is 5.82 Å². The van der Waals surface area contributed by atoms with E-state index in [1.54, 1.807) is 36.4 Å². The Labute approximate surface area is 215 Å². The minimum atomic E-state index is -4.23. The third kappa shape index (κ3) is 5.36. The smallest absolute Gasteiger partial charge is 0.252 e. The van der Waals surface area contributed by atoms with Crippen LogP contribution in [0.2, 0.25) is 5.02 Å². The first-order valence-corrected chi connectivity index (χ1v) is 13.4. The van der Waals surface area contributed by atoms with Crippen LogP contribution in [0.1, 0.15) is 37.3 Å². The summed E-state index contributed by atoms with van der Waals surface area (Å²) in [6, 6.07) is 17.2. The van der Waals surface area contributed by atoms with E-state index in [2.05, 4.69) is 0 Å². The fourth-order valence-electron chi connectivity index (χ4n) is 4.24. The molecule has 188 valence electrons. The standard InChI is InChI=1S/C27H26ClFN2O4S/c1-18(2)20-6-10-23(11-7-20)31-26(32)17-25(27(31)33)30(15-14-19-4-3-5-21(28)16-19)36(34,35)24-12-8-22(29)9-13-24/h3-13,16,18,25H,14-15,17H2,1-2H3. The minimum absolute atomic E-state index is 0.0656. The maximum Gasteiger partial charge on any atom is 0.252 e. The third-order valence-electron chi connectivity index (χ3n) is 6.22. The van der Waals surface area contributed by atoms with Gasteiger partial charge in [-0.25, -0.2) is 17.7 Å². The predicted octanol–water partition coefficient (Wildman–Crippen LogP) is 5.17. The van der Waals surface area contributed by atoms with Gasteiger partial charge in [-0.15, -0.1) is 0 Å². The largest absolute Gasteiger partial charge is 0.274 e. The molecule has 1 atom stereocenters. The molecule has 1 aliphatic rings. The molecule has 1 unspecified atom stereocenters. The average molecular weight is 529 g/mol. The Morgan fingerprint density at radius 3 is 2.31 bits per heavy atom. The van der Waals surface area contributed by atoms with E-state index in [9.17, 15) is 22.4 Å². The van der Waals surface area contributed by atoms with Crippen LogP contribution in [-0.2, 0) is 26.0 Å². The van der Waals surface area contributed by atoms with Gasteiger partial charge in [-0.05, 0) is 72.0 Å². The molecule has 6 nitrogen and oxygen atoms in total. The molecule has 0 saturated carbocycles. The summed E-state index contributed by atoms with van der Waals surface area (Å²) in [5, 5.41) is 0.503. The summed E-state index contributed by atoms with van der Waals surface area (Å²) >= 11 is 6.07. The predicted molar refractivity (Wildman–Crippen MR) is 137 cm³/mol.